The molecule has 0 saturated carbocycles. The average molecular weight is 192 g/mol. The number of hydrogen-bond donors (Lipinski definition) is 0. The third kappa shape index (κ3) is 6.99. The Morgan fingerprint density at radius 1 is 1.00 bits per heavy atom. The molecule has 0 N–H and O–H groups in total. The lowest BCUT2D eigenvalue weighted by atomic mass is 10.3. The molecule has 3 heteroatoms. The molecule has 2 rings (SSSR count). The van der Waals surface area contributed by atoms with E-state index in [1.807, 2.05) is 0 Å². The maximum Gasteiger partial charge on any atom is 0.104 e. The summed E-state index contributed by atoms with van der Waals surface area (Å²) in [7, 11) is 0. The fraction of sp³-hybridized carbons (Fsp3) is 1.00. The highest BCUT2D eigenvalue weighted by Crippen LogP contribution is 2.14. The Hall–Kier alpha value is -0.120. The van der Waals surface area contributed by atoms with Gasteiger partial charge < -0.3 is 14.2 Å². The molecule has 2 aliphatic heterocycles. The second-order valence-electron chi connectivity index (χ2n) is 2.77. The SMILES string of the molecule is C.C.C.C(CC1CO1)OCC1CO1. The summed E-state index contributed by atoms with van der Waals surface area (Å²) in [5.74, 6) is 0. The fourth-order valence-corrected chi connectivity index (χ4v) is 0.829. The summed E-state index contributed by atoms with van der Waals surface area (Å²) in [6.07, 6.45) is 1.95. The molecule has 0 aromatic heterocycles. The van der Waals surface area contributed by atoms with Gasteiger partial charge in [0.15, 0.2) is 0 Å². The molecule has 0 amide bonds. The highest BCUT2D eigenvalue weighted by Gasteiger charge is 2.24. The van der Waals surface area contributed by atoms with E-state index in [4.69, 9.17) is 14.2 Å². The summed E-state index contributed by atoms with van der Waals surface area (Å²) in [5, 5.41) is 0. The van der Waals surface area contributed by atoms with Gasteiger partial charge in [0.1, 0.15) is 6.10 Å². The van der Waals surface area contributed by atoms with Crippen molar-refractivity contribution in [2.75, 3.05) is 26.4 Å². The predicted octanol–water partition coefficient (Wildman–Crippen LogP) is 2.10. The highest BCUT2D eigenvalue weighted by atomic mass is 16.6. The van der Waals surface area contributed by atoms with E-state index in [9.17, 15) is 0 Å². The molecule has 0 bridgehead atoms. The molecular weight excluding hydrogens is 168 g/mol. The molecule has 13 heavy (non-hydrogen) atoms. The molecule has 0 aromatic carbocycles. The van der Waals surface area contributed by atoms with Crippen molar-refractivity contribution < 1.29 is 14.2 Å². The zero-order chi connectivity index (χ0) is 6.81. The van der Waals surface area contributed by atoms with Crippen LogP contribution in [-0.4, -0.2) is 38.6 Å². The van der Waals surface area contributed by atoms with Crippen molar-refractivity contribution in [1.82, 2.24) is 0 Å². The van der Waals surface area contributed by atoms with E-state index >= 15 is 0 Å². The lowest BCUT2D eigenvalue weighted by Crippen LogP contribution is -2.04. The molecule has 0 radical (unpaired) electrons. The van der Waals surface area contributed by atoms with Crippen LogP contribution < -0.4 is 0 Å². The van der Waals surface area contributed by atoms with Crippen LogP contribution in [0.1, 0.15) is 28.7 Å². The summed E-state index contributed by atoms with van der Waals surface area (Å²) < 4.78 is 15.3. The molecule has 3 nitrogen and oxygen atoms in total. The van der Waals surface area contributed by atoms with Crippen molar-refractivity contribution in [2.24, 2.45) is 0 Å². The average Bonchev–Trinajstić information content (AvgIpc) is 2.77. The van der Waals surface area contributed by atoms with Gasteiger partial charge in [0.25, 0.3) is 0 Å². The van der Waals surface area contributed by atoms with E-state index in [1.54, 1.807) is 0 Å². The minimum atomic E-state index is 0. The van der Waals surface area contributed by atoms with Crippen LogP contribution >= 0.6 is 0 Å². The normalized spacial score (nSPS) is 27.7. The van der Waals surface area contributed by atoms with E-state index in [1.165, 1.54) is 0 Å². The Morgan fingerprint density at radius 2 is 1.54 bits per heavy atom. The first-order chi connectivity index (χ1) is 4.95. The van der Waals surface area contributed by atoms with E-state index in [0.717, 1.165) is 32.8 Å². The molecule has 2 fully saturated rings. The predicted molar refractivity (Wildman–Crippen MR) is 55.1 cm³/mol. The summed E-state index contributed by atoms with van der Waals surface area (Å²) in [6.45, 7) is 3.42. The highest BCUT2D eigenvalue weighted by molar-refractivity contribution is 4.70. The van der Waals surface area contributed by atoms with Crippen LogP contribution in [0, 0.1) is 0 Å². The Balaban J connectivity index is 0. The van der Waals surface area contributed by atoms with Gasteiger partial charge in [-0.1, -0.05) is 22.3 Å². The summed E-state index contributed by atoms with van der Waals surface area (Å²) in [4.78, 5) is 0. The Labute approximate surface area is 82.4 Å². The third-order valence-electron chi connectivity index (χ3n) is 1.69. The van der Waals surface area contributed by atoms with Crippen LogP contribution in [0.25, 0.3) is 0 Å². The summed E-state index contributed by atoms with van der Waals surface area (Å²) >= 11 is 0. The van der Waals surface area contributed by atoms with Gasteiger partial charge >= 0.3 is 0 Å². The number of rotatable bonds is 5. The molecule has 2 aliphatic rings. The summed E-state index contributed by atoms with van der Waals surface area (Å²) in [5.41, 5.74) is 0. The molecule has 82 valence electrons. The van der Waals surface area contributed by atoms with Gasteiger partial charge in [-0.15, -0.1) is 0 Å². The lowest BCUT2D eigenvalue weighted by Gasteiger charge is -1.97. The molecule has 2 atom stereocenters. The first-order valence-corrected chi connectivity index (χ1v) is 3.76. The molecule has 0 aromatic rings. The van der Waals surface area contributed by atoms with Gasteiger partial charge in [-0.3, -0.25) is 0 Å². The molecule has 0 spiro atoms. The molecule has 0 aliphatic carbocycles. The van der Waals surface area contributed by atoms with Crippen LogP contribution in [0.3, 0.4) is 0 Å². The molecule has 2 saturated heterocycles. The van der Waals surface area contributed by atoms with Crippen molar-refractivity contribution in [3.05, 3.63) is 0 Å². The van der Waals surface area contributed by atoms with E-state index in [2.05, 4.69) is 0 Å². The number of hydrogen-bond acceptors (Lipinski definition) is 3. The lowest BCUT2D eigenvalue weighted by molar-refractivity contribution is 0.109. The monoisotopic (exact) mass is 192 g/mol. The maximum atomic E-state index is 5.30. The number of ether oxygens (including phenoxy) is 3. The van der Waals surface area contributed by atoms with Gasteiger partial charge in [-0.25, -0.2) is 0 Å². The quantitative estimate of drug-likeness (QED) is 0.494. The van der Waals surface area contributed by atoms with Crippen LogP contribution in [0.2, 0.25) is 0 Å². The van der Waals surface area contributed by atoms with Crippen LogP contribution in [-0.2, 0) is 14.2 Å². The minimum absolute atomic E-state index is 0. The van der Waals surface area contributed by atoms with Crippen molar-refractivity contribution >= 4 is 0 Å². The largest absolute Gasteiger partial charge is 0.379 e. The van der Waals surface area contributed by atoms with Crippen molar-refractivity contribution in [1.29, 1.82) is 0 Å². The second-order valence-corrected chi connectivity index (χ2v) is 2.77. The van der Waals surface area contributed by atoms with Crippen LogP contribution in [0.4, 0.5) is 0 Å². The smallest absolute Gasteiger partial charge is 0.104 e. The van der Waals surface area contributed by atoms with Gasteiger partial charge in [0, 0.05) is 6.61 Å². The molecule has 2 unspecified atom stereocenters. The van der Waals surface area contributed by atoms with E-state index in [0.29, 0.717) is 12.2 Å². The van der Waals surface area contributed by atoms with Gasteiger partial charge in [0.05, 0.1) is 25.9 Å². The van der Waals surface area contributed by atoms with Crippen LogP contribution in [0.5, 0.6) is 0 Å². The van der Waals surface area contributed by atoms with Crippen LogP contribution in [0.15, 0.2) is 0 Å². The van der Waals surface area contributed by atoms with Crippen molar-refractivity contribution in [2.45, 2.75) is 40.9 Å². The van der Waals surface area contributed by atoms with E-state index < -0.39 is 0 Å². The Morgan fingerprint density at radius 3 is 2.00 bits per heavy atom. The first kappa shape index (κ1) is 15.4. The Bertz CT molecular complexity index is 94.7. The number of epoxide rings is 2. The zero-order valence-corrected chi connectivity index (χ0v) is 5.91. The standard InChI is InChI=1S/C7H12O3.3CH4/c1(6-4-9-6)2-8-3-7-5-10-7;;;/h6-7H,1-5H2;3*1H4. The Kier molecular flexibility index (Phi) is 8.62. The van der Waals surface area contributed by atoms with E-state index in [-0.39, 0.29) is 22.3 Å². The van der Waals surface area contributed by atoms with Gasteiger partial charge in [-0.05, 0) is 6.42 Å². The fourth-order valence-electron chi connectivity index (χ4n) is 0.829. The zero-order valence-electron chi connectivity index (χ0n) is 5.91. The summed E-state index contributed by atoms with van der Waals surface area (Å²) in [6, 6.07) is 0. The third-order valence-corrected chi connectivity index (χ3v) is 1.69. The maximum absolute atomic E-state index is 5.30. The topological polar surface area (TPSA) is 34.3 Å². The van der Waals surface area contributed by atoms with Crippen molar-refractivity contribution in [3.8, 4) is 0 Å². The second kappa shape index (κ2) is 7.30. The molecule has 2 heterocycles. The van der Waals surface area contributed by atoms with Crippen molar-refractivity contribution in [3.63, 3.8) is 0 Å². The molecular formula is C10H24O3. The first-order valence-electron chi connectivity index (χ1n) is 3.76. The van der Waals surface area contributed by atoms with Gasteiger partial charge in [0.2, 0.25) is 0 Å². The minimum Gasteiger partial charge on any atom is -0.379 e. The van der Waals surface area contributed by atoms with Gasteiger partial charge in [-0.2, -0.15) is 0 Å².